The van der Waals surface area contributed by atoms with Gasteiger partial charge in [-0.05, 0) is 214 Å². The SMILES string of the molecule is c1cc(-c2ccc3sc4ccccc4c3c2)cc(-c2nc(-c3ccc4ccccc4c3)c3ccc4oc5ccc6ccccc6c5c4c3n2)c1.c1ccc2cc(-c3nc(-c4ccc(-c5ccc6oc7ccccc7c6c5)cc4)nc4c3ccc3sc5ccc6ccccc6c5c34)ccc2c1.c1cncc(-c2cccc(-c3nc(-c4cccc5ccccc45)c4ccc5oc6ccc7ccccc7c6c5c4n3)c2)c1. The Labute approximate surface area is 824 Å². The molecule has 0 spiro atoms. The van der Waals surface area contributed by atoms with Crippen LogP contribution >= 0.6 is 22.7 Å². The first-order valence-corrected chi connectivity index (χ1v) is 49.6. The number of nitrogens with zero attached hydrogens (tertiary/aromatic N) is 7. The highest BCUT2D eigenvalue weighted by Gasteiger charge is 2.26. The minimum absolute atomic E-state index is 0.670. The predicted molar refractivity (Wildman–Crippen MR) is 598 cm³/mol. The minimum Gasteiger partial charge on any atom is -0.456 e. The molecule has 0 fully saturated rings. The molecule has 9 aromatic heterocycles. The molecule has 12 heteroatoms. The number of aromatic nitrogens is 7. The van der Waals surface area contributed by atoms with Crippen LogP contribution in [0.15, 0.2) is 468 Å². The monoisotopic (exact) mass is 1860 g/mol. The van der Waals surface area contributed by atoms with E-state index in [1.807, 2.05) is 47.1 Å². The van der Waals surface area contributed by atoms with Gasteiger partial charge in [0, 0.05) is 129 Å². The van der Waals surface area contributed by atoms with Crippen LogP contribution in [-0.4, -0.2) is 34.9 Å². The van der Waals surface area contributed by atoms with Gasteiger partial charge >= 0.3 is 0 Å². The van der Waals surface area contributed by atoms with Crippen molar-refractivity contribution in [3.8, 4) is 101 Å². The Hall–Kier alpha value is -18.6. The smallest absolute Gasteiger partial charge is 0.160 e. The average Bonchev–Trinajstić information content (AvgIpc) is 1.60. The van der Waals surface area contributed by atoms with E-state index in [2.05, 4.69) is 430 Å². The van der Waals surface area contributed by atoms with E-state index in [0.717, 1.165) is 199 Å². The fourth-order valence-electron chi connectivity index (χ4n) is 21.6. The highest BCUT2D eigenvalue weighted by atomic mass is 32.1. The molecule has 10 nitrogen and oxygen atoms in total. The number of rotatable bonds is 9. The third-order valence-corrected chi connectivity index (χ3v) is 30.7. The molecular weight excluding hydrogens is 1780 g/mol. The molecule has 31 aromatic rings. The van der Waals surface area contributed by atoms with Gasteiger partial charge in [-0.1, -0.05) is 322 Å². The van der Waals surface area contributed by atoms with Crippen LogP contribution in [0, 0.1) is 0 Å². The highest BCUT2D eigenvalue weighted by Crippen LogP contribution is 2.49. The Morgan fingerprint density at radius 1 is 0.168 bits per heavy atom. The van der Waals surface area contributed by atoms with Crippen LogP contribution in [0.1, 0.15) is 0 Å². The van der Waals surface area contributed by atoms with Crippen LogP contribution in [0.25, 0.3) is 305 Å². The van der Waals surface area contributed by atoms with Crippen LogP contribution in [0.3, 0.4) is 0 Å². The van der Waals surface area contributed by atoms with Crippen molar-refractivity contribution in [1.82, 2.24) is 34.9 Å². The minimum atomic E-state index is 0.670. The zero-order valence-electron chi connectivity index (χ0n) is 76.5. The van der Waals surface area contributed by atoms with Crippen LogP contribution in [-0.2, 0) is 0 Å². The fourth-order valence-corrected chi connectivity index (χ4v) is 23.8. The van der Waals surface area contributed by atoms with Crippen molar-refractivity contribution < 1.29 is 13.3 Å². The molecule has 31 rings (SSSR count). The second kappa shape index (κ2) is 33.1. The van der Waals surface area contributed by atoms with E-state index in [4.69, 9.17) is 43.2 Å². The maximum Gasteiger partial charge on any atom is 0.160 e. The number of thiophene rings is 2. The molecule has 0 saturated carbocycles. The van der Waals surface area contributed by atoms with Crippen molar-refractivity contribution in [2.24, 2.45) is 0 Å². The van der Waals surface area contributed by atoms with Gasteiger partial charge in [0.1, 0.15) is 33.5 Å². The molecule has 0 bridgehead atoms. The second-order valence-corrected chi connectivity index (χ2v) is 38.9. The second-order valence-electron chi connectivity index (χ2n) is 36.7. The maximum absolute atomic E-state index is 6.49. The number of hydrogen-bond acceptors (Lipinski definition) is 12. The van der Waals surface area contributed by atoms with Crippen molar-refractivity contribution >= 4 is 226 Å². The molecule has 0 aliphatic rings. The molecular formula is C131H75N7O3S2. The van der Waals surface area contributed by atoms with Crippen LogP contribution in [0.4, 0.5) is 0 Å². The van der Waals surface area contributed by atoms with Crippen molar-refractivity contribution in [1.29, 1.82) is 0 Å². The number of hydrogen-bond donors (Lipinski definition) is 0. The molecule has 9 heterocycles. The quantitative estimate of drug-likeness (QED) is 0.138. The lowest BCUT2D eigenvalue weighted by Gasteiger charge is -2.13. The predicted octanol–water partition coefficient (Wildman–Crippen LogP) is 36.6. The topological polar surface area (TPSA) is 130 Å². The van der Waals surface area contributed by atoms with Crippen molar-refractivity contribution in [2.75, 3.05) is 0 Å². The lowest BCUT2D eigenvalue weighted by Crippen LogP contribution is -1.96. The number of furan rings is 3. The van der Waals surface area contributed by atoms with Gasteiger partial charge in [0.25, 0.3) is 0 Å². The number of benzene rings is 22. The summed E-state index contributed by atoms with van der Waals surface area (Å²) in [5.74, 6) is 2.07. The summed E-state index contributed by atoms with van der Waals surface area (Å²) < 4.78 is 24.1. The lowest BCUT2D eigenvalue weighted by molar-refractivity contribution is 0.668. The number of fused-ring (bicyclic) bond motifs is 30. The van der Waals surface area contributed by atoms with Gasteiger partial charge in [0.2, 0.25) is 0 Å². The molecule has 0 atom stereocenters. The third kappa shape index (κ3) is 13.8. The number of pyridine rings is 1. The van der Waals surface area contributed by atoms with Crippen LogP contribution in [0.2, 0.25) is 0 Å². The Balaban J connectivity index is 0.000000103. The lowest BCUT2D eigenvalue weighted by atomic mass is 9.97. The van der Waals surface area contributed by atoms with Gasteiger partial charge in [-0.15, -0.1) is 22.7 Å². The van der Waals surface area contributed by atoms with Gasteiger partial charge in [0.15, 0.2) is 17.5 Å². The largest absolute Gasteiger partial charge is 0.456 e. The van der Waals surface area contributed by atoms with E-state index in [1.165, 1.54) is 94.4 Å². The average molecular weight is 1860 g/mol. The molecule has 22 aromatic carbocycles. The first-order chi connectivity index (χ1) is 70.8. The Kier molecular flexibility index (Phi) is 18.9. The van der Waals surface area contributed by atoms with Gasteiger partial charge in [-0.2, -0.15) is 0 Å². The van der Waals surface area contributed by atoms with E-state index in [-0.39, 0.29) is 0 Å². The molecule has 664 valence electrons. The fraction of sp³-hybridized carbons (Fsp3) is 0. The van der Waals surface area contributed by atoms with E-state index < -0.39 is 0 Å². The first-order valence-electron chi connectivity index (χ1n) is 48.0. The molecule has 0 amide bonds. The standard InChI is InChI=1S/2C46H26N2OS.C39H23N3O/c1-2-10-29-24-32(17-16-27(29)8-1)44-36-20-22-39-43(42-34-13-4-3-9-28(34)18-21-38(42)49-39)45(36)48-46(47-44)33-12-7-11-30(25-33)31-19-23-41-37(26-31)35-14-5-6-15-40(35)50-41;1-2-9-31-25-33(18-15-27(31)7-1)44-36-21-24-41-43(42-34-10-4-3-8-29(34)20-23-40(42)50-41)45(36)48-46(47-44)30-16-13-28(14-17-30)32-19-22-39-37(26-32)35-11-5-6-12-38(35)49-39;1-3-14-29-24(8-1)10-6-16-31(29)37-32-18-20-34-36(35-30-15-4-2-9-25(30)17-19-33(35)43-34)38(32)42-39(41-37)27-12-5-11-26(22-27)28-13-7-21-40-23-28/h2*1-26H;1-23H. The van der Waals surface area contributed by atoms with Gasteiger partial charge < -0.3 is 13.3 Å². The first kappa shape index (κ1) is 81.6. The maximum atomic E-state index is 6.49. The summed E-state index contributed by atoms with van der Waals surface area (Å²) in [6.45, 7) is 0. The molecule has 0 saturated heterocycles. The highest BCUT2D eigenvalue weighted by molar-refractivity contribution is 7.26. The summed E-state index contributed by atoms with van der Waals surface area (Å²) in [5, 5.41) is 28.8. The zero-order valence-corrected chi connectivity index (χ0v) is 78.1. The Morgan fingerprint density at radius 2 is 0.538 bits per heavy atom. The molecule has 0 aliphatic heterocycles. The van der Waals surface area contributed by atoms with Crippen molar-refractivity contribution in [2.45, 2.75) is 0 Å². The van der Waals surface area contributed by atoms with Gasteiger partial charge in [-0.3, -0.25) is 4.98 Å². The summed E-state index contributed by atoms with van der Waals surface area (Å²) in [4.78, 5) is 36.4. The molecule has 0 radical (unpaired) electrons. The Bertz CT molecular complexity index is 10800. The summed E-state index contributed by atoms with van der Waals surface area (Å²) in [6.07, 6.45) is 3.68. The van der Waals surface area contributed by atoms with Gasteiger partial charge in [-0.25, -0.2) is 29.9 Å². The van der Waals surface area contributed by atoms with E-state index in [0.29, 0.717) is 11.6 Å². The van der Waals surface area contributed by atoms with Crippen molar-refractivity contribution in [3.05, 3.63) is 455 Å². The number of para-hydroxylation sites is 1. The summed E-state index contributed by atoms with van der Waals surface area (Å²) in [6, 6.07) is 156. The van der Waals surface area contributed by atoms with Crippen LogP contribution in [0.5, 0.6) is 0 Å². The van der Waals surface area contributed by atoms with Crippen molar-refractivity contribution in [3.63, 3.8) is 0 Å². The van der Waals surface area contributed by atoms with Crippen LogP contribution < -0.4 is 0 Å². The molecule has 143 heavy (non-hydrogen) atoms. The third-order valence-electron chi connectivity index (χ3n) is 28.5. The van der Waals surface area contributed by atoms with E-state index in [1.54, 1.807) is 6.20 Å². The summed E-state index contributed by atoms with van der Waals surface area (Å²) in [5.41, 5.74) is 23.5. The zero-order chi connectivity index (χ0) is 93.8. The van der Waals surface area contributed by atoms with E-state index >= 15 is 0 Å². The Morgan fingerprint density at radius 3 is 1.17 bits per heavy atom. The molecule has 0 unspecified atom stereocenters. The molecule has 0 N–H and O–H groups in total. The van der Waals surface area contributed by atoms with E-state index in [9.17, 15) is 0 Å². The normalized spacial score (nSPS) is 11.9. The summed E-state index contributed by atoms with van der Waals surface area (Å²) in [7, 11) is 0. The summed E-state index contributed by atoms with van der Waals surface area (Å²) >= 11 is 3.67. The molecule has 0 aliphatic carbocycles. The van der Waals surface area contributed by atoms with Gasteiger partial charge in [0.05, 0.1) is 44.4 Å².